The fourth-order valence-corrected chi connectivity index (χ4v) is 4.56. The molecule has 0 N–H and O–H groups in total. The van der Waals surface area contributed by atoms with Gasteiger partial charge in [0.1, 0.15) is 5.75 Å². The molecule has 1 saturated heterocycles. The average molecular weight is 453 g/mol. The number of aromatic nitrogens is 4. The van der Waals surface area contributed by atoms with Gasteiger partial charge in [-0.1, -0.05) is 19.1 Å². The Morgan fingerprint density at radius 3 is 2.50 bits per heavy atom. The molecule has 168 valence electrons. The zero-order chi connectivity index (χ0) is 22.3. The van der Waals surface area contributed by atoms with Gasteiger partial charge in [-0.3, -0.25) is 9.69 Å². The third kappa shape index (κ3) is 5.11. The van der Waals surface area contributed by atoms with E-state index in [0.717, 1.165) is 46.6 Å². The first-order chi connectivity index (χ1) is 15.7. The molecule has 0 radical (unpaired) electrons. The summed E-state index contributed by atoms with van der Waals surface area (Å²) in [5.74, 6) is 2.66. The molecule has 0 spiro atoms. The molecule has 9 heteroatoms. The molecule has 1 amide bonds. The predicted molar refractivity (Wildman–Crippen MR) is 124 cm³/mol. The Bertz CT molecular complexity index is 1030. The minimum Gasteiger partial charge on any atom is -0.494 e. The van der Waals surface area contributed by atoms with Gasteiger partial charge >= 0.3 is 0 Å². The Morgan fingerprint density at radius 2 is 1.78 bits per heavy atom. The van der Waals surface area contributed by atoms with Crippen LogP contribution >= 0.6 is 11.8 Å². The molecule has 1 aromatic heterocycles. The Labute approximate surface area is 192 Å². The first-order valence-corrected chi connectivity index (χ1v) is 11.9. The molecule has 1 fully saturated rings. The average Bonchev–Trinajstić information content (AvgIpc) is 3.28. The first kappa shape index (κ1) is 22.3. The number of ether oxygens (including phenoxy) is 1. The van der Waals surface area contributed by atoms with Gasteiger partial charge in [0, 0.05) is 31.1 Å². The highest BCUT2D eigenvalue weighted by Gasteiger charge is 2.25. The summed E-state index contributed by atoms with van der Waals surface area (Å²) in [6, 6.07) is 15.6. The maximum Gasteiger partial charge on any atom is 0.255 e. The number of amides is 1. The number of carbonyl (C=O) groups is 1. The van der Waals surface area contributed by atoms with Gasteiger partial charge in [0.15, 0.2) is 5.82 Å². The zero-order valence-electron chi connectivity index (χ0n) is 18.5. The van der Waals surface area contributed by atoms with Crippen LogP contribution in [-0.2, 0) is 6.54 Å². The quantitative estimate of drug-likeness (QED) is 0.486. The van der Waals surface area contributed by atoms with E-state index in [-0.39, 0.29) is 5.91 Å². The second-order valence-electron chi connectivity index (χ2n) is 7.43. The summed E-state index contributed by atoms with van der Waals surface area (Å²) < 4.78 is 7.26. The zero-order valence-corrected chi connectivity index (χ0v) is 19.3. The van der Waals surface area contributed by atoms with Gasteiger partial charge in [-0.25, -0.2) is 0 Å². The lowest BCUT2D eigenvalue weighted by molar-refractivity contribution is 0.0621. The summed E-state index contributed by atoms with van der Waals surface area (Å²) in [4.78, 5) is 18.4. The lowest BCUT2D eigenvalue weighted by Gasteiger charge is -2.34. The molecule has 2 aromatic carbocycles. The standard InChI is InChI=1S/C23H28N6O2S/c1-3-31-19-11-9-18(10-12-19)29-22(24-25-26-29)17-27-13-15-28(16-14-27)23(30)20-7-5-6-8-21(20)32-4-2/h5-12H,3-4,13-17H2,1-2H3. The number of hydrogen-bond acceptors (Lipinski definition) is 7. The van der Waals surface area contributed by atoms with Crippen molar-refractivity contribution >= 4 is 17.7 Å². The molecule has 1 aliphatic rings. The van der Waals surface area contributed by atoms with E-state index in [0.29, 0.717) is 26.2 Å². The highest BCUT2D eigenvalue weighted by atomic mass is 32.2. The Balaban J connectivity index is 1.37. The van der Waals surface area contributed by atoms with Gasteiger partial charge in [0.05, 0.1) is 24.4 Å². The molecule has 0 bridgehead atoms. The molecule has 32 heavy (non-hydrogen) atoms. The molecular formula is C23H28N6O2S. The van der Waals surface area contributed by atoms with E-state index in [1.54, 1.807) is 16.4 Å². The number of rotatable bonds is 8. The van der Waals surface area contributed by atoms with E-state index in [2.05, 4.69) is 27.3 Å². The second kappa shape index (κ2) is 10.6. The third-order valence-corrected chi connectivity index (χ3v) is 6.32. The highest BCUT2D eigenvalue weighted by Crippen LogP contribution is 2.24. The first-order valence-electron chi connectivity index (χ1n) is 10.9. The molecule has 0 unspecified atom stereocenters. The van der Waals surface area contributed by atoms with Crippen LogP contribution in [0.5, 0.6) is 5.75 Å². The van der Waals surface area contributed by atoms with Crippen LogP contribution in [0.15, 0.2) is 53.4 Å². The minimum absolute atomic E-state index is 0.112. The van der Waals surface area contributed by atoms with Crippen molar-refractivity contribution in [3.8, 4) is 11.4 Å². The molecule has 2 heterocycles. The van der Waals surface area contributed by atoms with Crippen molar-refractivity contribution in [1.29, 1.82) is 0 Å². The van der Waals surface area contributed by atoms with Gasteiger partial charge in [-0.2, -0.15) is 4.68 Å². The van der Waals surface area contributed by atoms with Crippen LogP contribution in [0.3, 0.4) is 0 Å². The third-order valence-electron chi connectivity index (χ3n) is 5.37. The minimum atomic E-state index is 0.112. The van der Waals surface area contributed by atoms with Crippen LogP contribution < -0.4 is 4.74 Å². The van der Waals surface area contributed by atoms with Crippen LogP contribution in [0.25, 0.3) is 5.69 Å². The SMILES string of the molecule is CCOc1ccc(-n2nnnc2CN2CCN(C(=O)c3ccccc3SCC)CC2)cc1. The number of piperazine rings is 1. The molecular weight excluding hydrogens is 424 g/mol. The van der Waals surface area contributed by atoms with Crippen molar-refractivity contribution in [2.45, 2.75) is 25.3 Å². The Morgan fingerprint density at radius 1 is 1.03 bits per heavy atom. The van der Waals surface area contributed by atoms with Crippen molar-refractivity contribution in [3.05, 3.63) is 59.9 Å². The van der Waals surface area contributed by atoms with Crippen molar-refractivity contribution in [2.24, 2.45) is 0 Å². The van der Waals surface area contributed by atoms with E-state index >= 15 is 0 Å². The number of carbonyl (C=O) groups excluding carboxylic acids is 1. The van der Waals surface area contributed by atoms with Crippen molar-refractivity contribution < 1.29 is 9.53 Å². The normalized spacial score (nSPS) is 14.5. The fraction of sp³-hybridized carbons (Fsp3) is 0.391. The largest absolute Gasteiger partial charge is 0.494 e. The van der Waals surface area contributed by atoms with Crippen molar-refractivity contribution in [1.82, 2.24) is 30.0 Å². The molecule has 0 saturated carbocycles. The summed E-state index contributed by atoms with van der Waals surface area (Å²) in [7, 11) is 0. The number of tetrazole rings is 1. The topological polar surface area (TPSA) is 76.4 Å². The Hall–Kier alpha value is -2.91. The summed E-state index contributed by atoms with van der Waals surface area (Å²) in [6.45, 7) is 8.27. The number of thioether (sulfide) groups is 1. The van der Waals surface area contributed by atoms with E-state index in [4.69, 9.17) is 4.74 Å². The molecule has 0 atom stereocenters. The monoisotopic (exact) mass is 452 g/mol. The maximum absolute atomic E-state index is 13.1. The van der Waals surface area contributed by atoms with E-state index in [1.165, 1.54) is 0 Å². The van der Waals surface area contributed by atoms with E-state index in [9.17, 15) is 4.79 Å². The van der Waals surface area contributed by atoms with Crippen LogP contribution in [-0.4, -0.2) is 74.5 Å². The van der Waals surface area contributed by atoms with Crippen LogP contribution in [0, 0.1) is 0 Å². The summed E-state index contributed by atoms with van der Waals surface area (Å²) >= 11 is 1.71. The van der Waals surface area contributed by atoms with Crippen molar-refractivity contribution in [3.63, 3.8) is 0 Å². The number of hydrogen-bond donors (Lipinski definition) is 0. The predicted octanol–water partition coefficient (Wildman–Crippen LogP) is 3.13. The van der Waals surface area contributed by atoms with Crippen LogP contribution in [0.2, 0.25) is 0 Å². The van der Waals surface area contributed by atoms with Gasteiger partial charge in [0.2, 0.25) is 0 Å². The second-order valence-corrected chi connectivity index (χ2v) is 8.74. The van der Waals surface area contributed by atoms with Crippen LogP contribution in [0.4, 0.5) is 0 Å². The fourth-order valence-electron chi connectivity index (χ4n) is 3.76. The molecule has 3 aromatic rings. The summed E-state index contributed by atoms with van der Waals surface area (Å²) in [5.41, 5.74) is 1.69. The Kier molecular flexibility index (Phi) is 7.39. The number of nitrogens with zero attached hydrogens (tertiary/aromatic N) is 6. The molecule has 0 aliphatic carbocycles. The van der Waals surface area contributed by atoms with E-state index in [1.807, 2.05) is 60.4 Å². The maximum atomic E-state index is 13.1. The molecule has 1 aliphatic heterocycles. The summed E-state index contributed by atoms with van der Waals surface area (Å²) in [5, 5.41) is 12.3. The lowest BCUT2D eigenvalue weighted by Crippen LogP contribution is -2.48. The lowest BCUT2D eigenvalue weighted by atomic mass is 10.2. The number of benzene rings is 2. The van der Waals surface area contributed by atoms with Gasteiger partial charge in [-0.05, 0) is 59.5 Å². The van der Waals surface area contributed by atoms with Gasteiger partial charge in [-0.15, -0.1) is 16.9 Å². The summed E-state index contributed by atoms with van der Waals surface area (Å²) in [6.07, 6.45) is 0. The molecule has 8 nitrogen and oxygen atoms in total. The van der Waals surface area contributed by atoms with E-state index < -0.39 is 0 Å². The van der Waals surface area contributed by atoms with Crippen molar-refractivity contribution in [2.75, 3.05) is 38.5 Å². The molecule has 4 rings (SSSR count). The smallest absolute Gasteiger partial charge is 0.255 e. The van der Waals surface area contributed by atoms with Gasteiger partial charge < -0.3 is 9.64 Å². The van der Waals surface area contributed by atoms with Crippen LogP contribution in [0.1, 0.15) is 30.0 Å². The highest BCUT2D eigenvalue weighted by molar-refractivity contribution is 7.99. The van der Waals surface area contributed by atoms with Gasteiger partial charge in [0.25, 0.3) is 5.91 Å².